The number of fused-ring (bicyclic) bond motifs is 2. The summed E-state index contributed by atoms with van der Waals surface area (Å²) in [6.45, 7) is 0.325. The van der Waals surface area contributed by atoms with Crippen molar-refractivity contribution in [2.75, 3.05) is 31.6 Å². The molecular formula is C16H20F3N5. The van der Waals surface area contributed by atoms with Gasteiger partial charge in [0.1, 0.15) is 17.8 Å². The molecule has 0 spiro atoms. The van der Waals surface area contributed by atoms with E-state index in [9.17, 15) is 13.2 Å². The highest BCUT2D eigenvalue weighted by atomic mass is 19.4. The van der Waals surface area contributed by atoms with E-state index in [2.05, 4.69) is 19.9 Å². The Balaban J connectivity index is 1.44. The van der Waals surface area contributed by atoms with Crippen molar-refractivity contribution in [3.63, 3.8) is 0 Å². The highest BCUT2D eigenvalue weighted by Crippen LogP contribution is 2.42. The normalized spacial score (nSPS) is 27.8. The molecule has 1 aliphatic carbocycles. The Morgan fingerprint density at radius 2 is 1.96 bits per heavy atom. The Labute approximate surface area is 137 Å². The fourth-order valence-corrected chi connectivity index (χ4v) is 4.38. The van der Waals surface area contributed by atoms with Gasteiger partial charge >= 0.3 is 6.18 Å². The Kier molecular flexibility index (Phi) is 3.67. The molecule has 130 valence electrons. The van der Waals surface area contributed by atoms with Gasteiger partial charge in [-0.2, -0.15) is 13.2 Å². The van der Waals surface area contributed by atoms with E-state index in [1.807, 2.05) is 19.3 Å². The molecule has 0 amide bonds. The summed E-state index contributed by atoms with van der Waals surface area (Å²) >= 11 is 0. The molecule has 24 heavy (non-hydrogen) atoms. The molecule has 8 heteroatoms. The SMILES string of the molecule is CN(c1ncnc2[nH]ccc12)[C@@H]1C[C@@H]2CN(CC(F)(F)F)C[C@@H]2C1. The zero-order valence-electron chi connectivity index (χ0n) is 13.4. The summed E-state index contributed by atoms with van der Waals surface area (Å²) in [6, 6.07) is 2.28. The van der Waals surface area contributed by atoms with Crippen molar-refractivity contribution in [2.45, 2.75) is 25.1 Å². The van der Waals surface area contributed by atoms with Crippen molar-refractivity contribution >= 4 is 16.9 Å². The molecule has 2 aliphatic rings. The van der Waals surface area contributed by atoms with Crippen molar-refractivity contribution < 1.29 is 13.2 Å². The molecule has 1 saturated carbocycles. The minimum atomic E-state index is -4.10. The molecule has 0 bridgehead atoms. The smallest absolute Gasteiger partial charge is 0.356 e. The first-order chi connectivity index (χ1) is 11.4. The van der Waals surface area contributed by atoms with Gasteiger partial charge in [-0.3, -0.25) is 4.90 Å². The number of nitrogens with zero attached hydrogens (tertiary/aromatic N) is 4. The lowest BCUT2D eigenvalue weighted by Crippen LogP contribution is -2.36. The van der Waals surface area contributed by atoms with Crippen LogP contribution in [0.15, 0.2) is 18.6 Å². The number of H-pyrrole nitrogens is 1. The largest absolute Gasteiger partial charge is 0.401 e. The van der Waals surface area contributed by atoms with Crippen molar-refractivity contribution in [2.24, 2.45) is 11.8 Å². The van der Waals surface area contributed by atoms with Crippen LogP contribution in [-0.4, -0.2) is 58.8 Å². The molecule has 3 heterocycles. The van der Waals surface area contributed by atoms with Crippen LogP contribution in [0.25, 0.3) is 11.0 Å². The number of aromatic amines is 1. The number of aromatic nitrogens is 3. The molecule has 0 aromatic carbocycles. The molecule has 2 aromatic heterocycles. The zero-order valence-corrected chi connectivity index (χ0v) is 13.4. The lowest BCUT2D eigenvalue weighted by molar-refractivity contribution is -0.144. The minimum Gasteiger partial charge on any atom is -0.356 e. The summed E-state index contributed by atoms with van der Waals surface area (Å²) in [5.41, 5.74) is 0.807. The summed E-state index contributed by atoms with van der Waals surface area (Å²) in [7, 11) is 2.02. The summed E-state index contributed by atoms with van der Waals surface area (Å²) < 4.78 is 37.7. The van der Waals surface area contributed by atoms with Crippen LogP contribution in [0.4, 0.5) is 19.0 Å². The lowest BCUT2D eigenvalue weighted by atomic mass is 10.0. The van der Waals surface area contributed by atoms with Crippen molar-refractivity contribution in [1.82, 2.24) is 19.9 Å². The van der Waals surface area contributed by atoms with Crippen molar-refractivity contribution in [1.29, 1.82) is 0 Å². The molecule has 2 aromatic rings. The predicted octanol–water partition coefficient (Wildman–Crippen LogP) is 2.67. The van der Waals surface area contributed by atoms with Crippen LogP contribution in [-0.2, 0) is 0 Å². The average Bonchev–Trinajstić information content (AvgIpc) is 3.17. The molecule has 0 unspecified atom stereocenters. The van der Waals surface area contributed by atoms with Crippen LogP contribution in [0.2, 0.25) is 0 Å². The standard InChI is InChI=1S/C16H20F3N5/c1-23(15-13-2-3-20-14(13)21-9-22-15)12-4-10-6-24(7-11(10)5-12)8-16(17,18)19/h2-3,9-12H,4-8H2,1H3,(H,20,21,22)/t10-,11+,12-. The van der Waals surface area contributed by atoms with E-state index in [1.165, 1.54) is 0 Å². The van der Waals surface area contributed by atoms with E-state index in [1.54, 1.807) is 11.2 Å². The van der Waals surface area contributed by atoms with Gasteiger partial charge in [-0.25, -0.2) is 9.97 Å². The van der Waals surface area contributed by atoms with Gasteiger partial charge in [0.25, 0.3) is 0 Å². The maximum atomic E-state index is 12.6. The molecule has 1 aliphatic heterocycles. The third kappa shape index (κ3) is 2.83. The van der Waals surface area contributed by atoms with Gasteiger partial charge in [0.2, 0.25) is 0 Å². The van der Waals surface area contributed by atoms with Gasteiger partial charge in [-0.1, -0.05) is 0 Å². The fraction of sp³-hybridized carbons (Fsp3) is 0.625. The Morgan fingerprint density at radius 1 is 1.25 bits per heavy atom. The number of anilines is 1. The predicted molar refractivity (Wildman–Crippen MR) is 84.8 cm³/mol. The van der Waals surface area contributed by atoms with Crippen molar-refractivity contribution in [3.8, 4) is 0 Å². The van der Waals surface area contributed by atoms with Crippen LogP contribution in [0.3, 0.4) is 0 Å². The quantitative estimate of drug-likeness (QED) is 0.934. The Bertz CT molecular complexity index is 714. The van der Waals surface area contributed by atoms with Crippen LogP contribution >= 0.6 is 0 Å². The second-order valence-corrected chi connectivity index (χ2v) is 7.00. The lowest BCUT2D eigenvalue weighted by Gasteiger charge is -2.28. The van der Waals surface area contributed by atoms with Crippen LogP contribution in [0.1, 0.15) is 12.8 Å². The van der Waals surface area contributed by atoms with Gasteiger partial charge in [0, 0.05) is 32.4 Å². The van der Waals surface area contributed by atoms with Gasteiger partial charge in [0.15, 0.2) is 0 Å². The molecule has 1 saturated heterocycles. The first kappa shape index (κ1) is 15.7. The third-order valence-corrected chi connectivity index (χ3v) is 5.42. The third-order valence-electron chi connectivity index (χ3n) is 5.42. The second-order valence-electron chi connectivity index (χ2n) is 7.00. The number of halogens is 3. The van der Waals surface area contributed by atoms with Gasteiger partial charge in [-0.05, 0) is 30.7 Å². The molecule has 1 N–H and O–H groups in total. The Morgan fingerprint density at radius 3 is 2.62 bits per heavy atom. The molecule has 4 rings (SSSR count). The summed E-state index contributed by atoms with van der Waals surface area (Å²) in [5.74, 6) is 1.59. The zero-order chi connectivity index (χ0) is 16.9. The topological polar surface area (TPSA) is 48.1 Å². The van der Waals surface area contributed by atoms with E-state index in [0.29, 0.717) is 31.0 Å². The van der Waals surface area contributed by atoms with E-state index >= 15 is 0 Å². The van der Waals surface area contributed by atoms with E-state index in [0.717, 1.165) is 29.7 Å². The molecule has 0 radical (unpaired) electrons. The summed E-state index contributed by atoms with van der Waals surface area (Å²) in [5, 5.41) is 0.982. The Hall–Kier alpha value is -1.83. The maximum Gasteiger partial charge on any atom is 0.401 e. The molecule has 3 atom stereocenters. The summed E-state index contributed by atoms with van der Waals surface area (Å²) in [4.78, 5) is 15.4. The number of rotatable bonds is 3. The van der Waals surface area contributed by atoms with E-state index in [4.69, 9.17) is 0 Å². The van der Waals surface area contributed by atoms with Crippen LogP contribution in [0, 0.1) is 11.8 Å². The average molecular weight is 339 g/mol. The highest BCUT2D eigenvalue weighted by molar-refractivity contribution is 5.87. The van der Waals surface area contributed by atoms with Crippen LogP contribution in [0.5, 0.6) is 0 Å². The summed E-state index contributed by atoms with van der Waals surface area (Å²) in [6.07, 6.45) is 1.13. The molecule has 5 nitrogen and oxygen atoms in total. The monoisotopic (exact) mass is 339 g/mol. The molecular weight excluding hydrogens is 319 g/mol. The number of hydrogen-bond acceptors (Lipinski definition) is 4. The number of alkyl halides is 3. The maximum absolute atomic E-state index is 12.6. The van der Waals surface area contributed by atoms with E-state index in [-0.39, 0.29) is 0 Å². The second kappa shape index (κ2) is 5.61. The first-order valence-electron chi connectivity index (χ1n) is 8.21. The van der Waals surface area contributed by atoms with Gasteiger partial charge in [-0.15, -0.1) is 0 Å². The highest BCUT2D eigenvalue weighted by Gasteiger charge is 2.45. The minimum absolute atomic E-state index is 0.320. The number of hydrogen-bond donors (Lipinski definition) is 1. The van der Waals surface area contributed by atoms with Gasteiger partial charge < -0.3 is 9.88 Å². The van der Waals surface area contributed by atoms with Crippen LogP contribution < -0.4 is 4.90 Å². The fourth-order valence-electron chi connectivity index (χ4n) is 4.38. The number of nitrogens with one attached hydrogen (secondary N) is 1. The first-order valence-corrected chi connectivity index (χ1v) is 8.21. The van der Waals surface area contributed by atoms with Crippen molar-refractivity contribution in [3.05, 3.63) is 18.6 Å². The number of likely N-dealkylation sites (tertiary alicyclic amines) is 1. The van der Waals surface area contributed by atoms with E-state index < -0.39 is 12.7 Å². The van der Waals surface area contributed by atoms with Gasteiger partial charge in [0.05, 0.1) is 11.9 Å². The molecule has 2 fully saturated rings.